The molecule has 2 atom stereocenters. The van der Waals surface area contributed by atoms with E-state index in [4.69, 9.17) is 4.74 Å². The fourth-order valence-corrected chi connectivity index (χ4v) is 2.14. The monoisotopic (exact) mass is 219 g/mol. The quantitative estimate of drug-likeness (QED) is 0.786. The van der Waals surface area contributed by atoms with Gasteiger partial charge in [-0.3, -0.25) is 4.79 Å². The maximum Gasteiger partial charge on any atom is 0.323 e. The predicted molar refractivity (Wildman–Crippen MR) is 62.2 cm³/mol. The molecule has 0 aromatic heterocycles. The summed E-state index contributed by atoms with van der Waals surface area (Å²) in [4.78, 5) is 11.5. The Labute approximate surface area is 95.8 Å². The molecule has 1 heterocycles. The average Bonchev–Trinajstić information content (AvgIpc) is 2.80. The molecular weight excluding hydrogens is 202 g/mol. The van der Waals surface area contributed by atoms with E-state index in [1.54, 1.807) is 0 Å². The summed E-state index contributed by atoms with van der Waals surface area (Å²) in [5, 5.41) is 3.22. The minimum atomic E-state index is -0.134. The predicted octanol–water partition coefficient (Wildman–Crippen LogP) is 1.70. The first-order chi connectivity index (χ1) is 7.81. The van der Waals surface area contributed by atoms with Crippen LogP contribution in [0.5, 0.6) is 0 Å². The molecule has 1 aliphatic heterocycles. The molecule has 0 spiro atoms. The lowest BCUT2D eigenvalue weighted by molar-refractivity contribution is -0.145. The summed E-state index contributed by atoms with van der Waals surface area (Å²) in [5.74, 6) is 0.302. The van der Waals surface area contributed by atoms with Crippen LogP contribution in [0.4, 0.5) is 0 Å². The van der Waals surface area contributed by atoms with E-state index in [1.807, 2.05) is 25.1 Å². The van der Waals surface area contributed by atoms with E-state index in [2.05, 4.69) is 17.4 Å². The van der Waals surface area contributed by atoms with Crippen molar-refractivity contribution in [3.05, 3.63) is 35.9 Å². The van der Waals surface area contributed by atoms with Crippen LogP contribution < -0.4 is 5.32 Å². The summed E-state index contributed by atoms with van der Waals surface area (Å²) >= 11 is 0. The Hall–Kier alpha value is -1.35. The number of nitrogens with one attached hydrogen (secondary N) is 1. The number of carbonyl (C=O) groups excluding carboxylic acids is 1. The second-order valence-corrected chi connectivity index (χ2v) is 4.06. The Morgan fingerprint density at radius 1 is 1.44 bits per heavy atom. The molecule has 3 heteroatoms. The first kappa shape index (κ1) is 11.1. The Balaban J connectivity index is 1.96. The fraction of sp³-hybridized carbons (Fsp3) is 0.462. The highest BCUT2D eigenvalue weighted by Gasteiger charge is 2.30. The van der Waals surface area contributed by atoms with E-state index < -0.39 is 0 Å². The number of carbonyl (C=O) groups is 1. The Morgan fingerprint density at radius 2 is 2.19 bits per heavy atom. The molecule has 2 rings (SSSR count). The average molecular weight is 219 g/mol. The molecule has 0 amide bonds. The summed E-state index contributed by atoms with van der Waals surface area (Å²) in [6, 6.07) is 10.2. The number of esters is 1. The van der Waals surface area contributed by atoms with Gasteiger partial charge in [0.15, 0.2) is 0 Å². The lowest BCUT2D eigenvalue weighted by Crippen LogP contribution is -2.32. The third kappa shape index (κ3) is 2.42. The van der Waals surface area contributed by atoms with E-state index in [0.29, 0.717) is 12.5 Å². The van der Waals surface area contributed by atoms with Gasteiger partial charge in [0.2, 0.25) is 0 Å². The van der Waals surface area contributed by atoms with Crippen LogP contribution in [0.1, 0.15) is 24.8 Å². The summed E-state index contributed by atoms with van der Waals surface area (Å²) in [6.45, 7) is 3.14. The Morgan fingerprint density at radius 3 is 2.88 bits per heavy atom. The molecule has 0 aliphatic carbocycles. The molecule has 1 saturated heterocycles. The molecule has 3 nitrogen and oxygen atoms in total. The van der Waals surface area contributed by atoms with Crippen molar-refractivity contribution in [2.75, 3.05) is 13.2 Å². The molecular formula is C13H17NO2. The zero-order valence-corrected chi connectivity index (χ0v) is 9.48. The molecule has 1 aromatic rings. The number of benzene rings is 1. The topological polar surface area (TPSA) is 38.3 Å². The molecule has 0 radical (unpaired) electrons. The minimum Gasteiger partial charge on any atom is -0.465 e. The maximum atomic E-state index is 11.5. The van der Waals surface area contributed by atoms with Gasteiger partial charge >= 0.3 is 5.97 Å². The molecule has 0 bridgehead atoms. The Kier molecular flexibility index (Phi) is 3.57. The van der Waals surface area contributed by atoms with Gasteiger partial charge in [-0.2, -0.15) is 0 Å². The van der Waals surface area contributed by atoms with Crippen molar-refractivity contribution in [1.82, 2.24) is 5.32 Å². The van der Waals surface area contributed by atoms with Gasteiger partial charge in [-0.15, -0.1) is 0 Å². The van der Waals surface area contributed by atoms with Crippen molar-refractivity contribution < 1.29 is 9.53 Å². The molecule has 86 valence electrons. The lowest BCUT2D eigenvalue weighted by Gasteiger charge is -2.09. The largest absolute Gasteiger partial charge is 0.465 e. The molecule has 1 fully saturated rings. The van der Waals surface area contributed by atoms with Gasteiger partial charge in [0, 0.05) is 6.54 Å². The third-order valence-electron chi connectivity index (χ3n) is 2.97. The number of hydrogen-bond donors (Lipinski definition) is 1. The number of hydrogen-bond acceptors (Lipinski definition) is 3. The van der Waals surface area contributed by atoms with Crippen molar-refractivity contribution in [2.24, 2.45) is 0 Å². The smallest absolute Gasteiger partial charge is 0.323 e. The van der Waals surface area contributed by atoms with Crippen molar-refractivity contribution in [2.45, 2.75) is 25.3 Å². The second kappa shape index (κ2) is 5.12. The van der Waals surface area contributed by atoms with E-state index in [-0.39, 0.29) is 12.0 Å². The highest BCUT2D eigenvalue weighted by atomic mass is 16.5. The standard InChI is InChI=1S/C13H17NO2/c1-2-16-13(15)12-8-11(9-14-12)10-6-4-3-5-7-10/h3-7,11-12,14H,2,8-9H2,1H3. The number of rotatable bonds is 3. The van der Waals surface area contributed by atoms with Crippen LogP contribution in [0.25, 0.3) is 0 Å². The van der Waals surface area contributed by atoms with Crippen LogP contribution in [0, 0.1) is 0 Å². The van der Waals surface area contributed by atoms with Gasteiger partial charge in [-0.05, 0) is 24.8 Å². The van der Waals surface area contributed by atoms with E-state index in [1.165, 1.54) is 5.56 Å². The van der Waals surface area contributed by atoms with Gasteiger partial charge in [0.1, 0.15) is 6.04 Å². The minimum absolute atomic E-state index is 0.124. The van der Waals surface area contributed by atoms with Crippen molar-refractivity contribution in [1.29, 1.82) is 0 Å². The zero-order chi connectivity index (χ0) is 11.4. The fourth-order valence-electron chi connectivity index (χ4n) is 2.14. The zero-order valence-electron chi connectivity index (χ0n) is 9.48. The summed E-state index contributed by atoms with van der Waals surface area (Å²) in [5.41, 5.74) is 1.29. The SMILES string of the molecule is CCOC(=O)C1CC(c2ccccc2)CN1. The summed E-state index contributed by atoms with van der Waals surface area (Å²) < 4.78 is 5.01. The van der Waals surface area contributed by atoms with Crippen molar-refractivity contribution in [3.8, 4) is 0 Å². The molecule has 16 heavy (non-hydrogen) atoms. The van der Waals surface area contributed by atoms with Crippen LogP contribution in [-0.4, -0.2) is 25.2 Å². The Bertz CT molecular complexity index is 350. The van der Waals surface area contributed by atoms with Gasteiger partial charge < -0.3 is 10.1 Å². The highest BCUT2D eigenvalue weighted by Crippen LogP contribution is 2.25. The summed E-state index contributed by atoms with van der Waals surface area (Å²) in [6.07, 6.45) is 0.836. The van der Waals surface area contributed by atoms with Gasteiger partial charge in [0.05, 0.1) is 6.61 Å². The molecule has 1 N–H and O–H groups in total. The number of ether oxygens (including phenoxy) is 1. The van der Waals surface area contributed by atoms with Crippen LogP contribution >= 0.6 is 0 Å². The van der Waals surface area contributed by atoms with Crippen molar-refractivity contribution >= 4 is 5.97 Å². The van der Waals surface area contributed by atoms with E-state index in [9.17, 15) is 4.79 Å². The van der Waals surface area contributed by atoms with Gasteiger partial charge in [0.25, 0.3) is 0 Å². The molecule has 1 aromatic carbocycles. The van der Waals surface area contributed by atoms with E-state index in [0.717, 1.165) is 13.0 Å². The van der Waals surface area contributed by atoms with Crippen LogP contribution in [0.2, 0.25) is 0 Å². The van der Waals surface area contributed by atoms with Gasteiger partial charge in [-0.25, -0.2) is 0 Å². The van der Waals surface area contributed by atoms with Crippen LogP contribution in [0.3, 0.4) is 0 Å². The first-order valence-electron chi connectivity index (χ1n) is 5.76. The van der Waals surface area contributed by atoms with Gasteiger partial charge in [-0.1, -0.05) is 30.3 Å². The van der Waals surface area contributed by atoms with Crippen molar-refractivity contribution in [3.63, 3.8) is 0 Å². The molecule has 1 aliphatic rings. The highest BCUT2D eigenvalue weighted by molar-refractivity contribution is 5.76. The van der Waals surface area contributed by atoms with E-state index >= 15 is 0 Å². The molecule has 2 unspecified atom stereocenters. The summed E-state index contributed by atoms with van der Waals surface area (Å²) in [7, 11) is 0. The molecule has 0 saturated carbocycles. The lowest BCUT2D eigenvalue weighted by atomic mass is 9.96. The first-order valence-corrected chi connectivity index (χ1v) is 5.76. The van der Waals surface area contributed by atoms with Crippen LogP contribution in [-0.2, 0) is 9.53 Å². The normalized spacial score (nSPS) is 24.3. The maximum absolute atomic E-state index is 11.5. The van der Waals surface area contributed by atoms with Crippen LogP contribution in [0.15, 0.2) is 30.3 Å². The second-order valence-electron chi connectivity index (χ2n) is 4.06. The third-order valence-corrected chi connectivity index (χ3v) is 2.97.